The molecular formula is C22H26N2O5S2. The Kier molecular flexibility index (Phi) is 8.03. The molecule has 9 heteroatoms. The average Bonchev–Trinajstić information content (AvgIpc) is 3.23. The van der Waals surface area contributed by atoms with Gasteiger partial charge in [-0.15, -0.1) is 11.3 Å². The van der Waals surface area contributed by atoms with E-state index >= 15 is 0 Å². The van der Waals surface area contributed by atoms with Crippen molar-refractivity contribution in [3.63, 3.8) is 0 Å². The molecule has 0 atom stereocenters. The van der Waals surface area contributed by atoms with E-state index < -0.39 is 10.0 Å². The van der Waals surface area contributed by atoms with Crippen molar-refractivity contribution < 1.29 is 22.6 Å². The van der Waals surface area contributed by atoms with E-state index in [0.717, 1.165) is 16.3 Å². The zero-order chi connectivity index (χ0) is 22.3. The maximum Gasteiger partial charge on any atom is 0.243 e. The van der Waals surface area contributed by atoms with Crippen LogP contribution in [-0.2, 0) is 27.9 Å². The molecule has 0 bridgehead atoms. The Bertz CT molecular complexity index is 1060. The third-order valence-corrected chi connectivity index (χ3v) is 7.29. The molecule has 166 valence electrons. The topological polar surface area (TPSA) is 78.0 Å². The molecule has 0 aliphatic heterocycles. The first kappa shape index (κ1) is 23.2. The number of benzene rings is 2. The lowest BCUT2D eigenvalue weighted by Gasteiger charge is -2.21. The summed E-state index contributed by atoms with van der Waals surface area (Å²) in [6, 6.07) is 14.1. The van der Waals surface area contributed by atoms with Crippen LogP contribution in [0.3, 0.4) is 0 Å². The number of aromatic nitrogens is 1. The number of nitrogens with zero attached hydrogens (tertiary/aromatic N) is 2. The van der Waals surface area contributed by atoms with Gasteiger partial charge in [-0.25, -0.2) is 13.4 Å². The Morgan fingerprint density at radius 3 is 2.32 bits per heavy atom. The minimum Gasteiger partial charge on any atom is -0.497 e. The first-order chi connectivity index (χ1) is 14.9. The number of aryl methyl sites for hydroxylation is 1. The van der Waals surface area contributed by atoms with Crippen molar-refractivity contribution in [2.24, 2.45) is 0 Å². The largest absolute Gasteiger partial charge is 0.497 e. The van der Waals surface area contributed by atoms with Crippen LogP contribution < -0.4 is 9.47 Å². The fraction of sp³-hybridized carbons (Fsp3) is 0.318. The molecule has 0 aliphatic rings. The molecule has 31 heavy (non-hydrogen) atoms. The van der Waals surface area contributed by atoms with E-state index in [-0.39, 0.29) is 24.6 Å². The summed E-state index contributed by atoms with van der Waals surface area (Å²) in [5.41, 5.74) is 1.83. The van der Waals surface area contributed by atoms with E-state index in [9.17, 15) is 8.42 Å². The van der Waals surface area contributed by atoms with Gasteiger partial charge in [-0.05, 0) is 43.3 Å². The van der Waals surface area contributed by atoms with Gasteiger partial charge in [-0.1, -0.05) is 17.7 Å². The molecule has 0 saturated carbocycles. The van der Waals surface area contributed by atoms with Gasteiger partial charge in [-0.3, -0.25) is 0 Å². The van der Waals surface area contributed by atoms with Crippen molar-refractivity contribution in [3.05, 3.63) is 70.2 Å². The smallest absolute Gasteiger partial charge is 0.243 e. The lowest BCUT2D eigenvalue weighted by atomic mass is 10.2. The molecule has 0 N–H and O–H groups in total. The highest BCUT2D eigenvalue weighted by Gasteiger charge is 2.25. The van der Waals surface area contributed by atoms with Gasteiger partial charge < -0.3 is 14.2 Å². The monoisotopic (exact) mass is 462 g/mol. The van der Waals surface area contributed by atoms with Crippen LogP contribution in [0.5, 0.6) is 11.5 Å². The molecule has 0 unspecified atom stereocenters. The summed E-state index contributed by atoms with van der Waals surface area (Å²) in [6.45, 7) is 3.00. The van der Waals surface area contributed by atoms with Crippen molar-refractivity contribution >= 4 is 21.4 Å². The number of rotatable bonds is 11. The SMILES string of the molecule is COCCN(Cc1csc(COc2ccc(C)cc2)n1)S(=O)(=O)c1ccc(OC)cc1. The number of hydrogen-bond donors (Lipinski definition) is 0. The molecular weight excluding hydrogens is 436 g/mol. The van der Waals surface area contributed by atoms with E-state index in [0.29, 0.717) is 18.1 Å². The van der Waals surface area contributed by atoms with E-state index in [2.05, 4.69) is 4.98 Å². The Hall–Kier alpha value is -2.46. The van der Waals surface area contributed by atoms with Gasteiger partial charge in [0.2, 0.25) is 10.0 Å². The van der Waals surface area contributed by atoms with E-state index in [1.807, 2.05) is 36.6 Å². The van der Waals surface area contributed by atoms with Crippen LogP contribution in [0.15, 0.2) is 58.8 Å². The van der Waals surface area contributed by atoms with Crippen LogP contribution in [0.25, 0.3) is 0 Å². The first-order valence-corrected chi connectivity index (χ1v) is 12.0. The van der Waals surface area contributed by atoms with Crippen molar-refractivity contribution in [3.8, 4) is 11.5 Å². The van der Waals surface area contributed by atoms with E-state index in [1.165, 1.54) is 34.9 Å². The quantitative estimate of drug-likeness (QED) is 0.430. The Balaban J connectivity index is 1.70. The van der Waals surface area contributed by atoms with E-state index in [4.69, 9.17) is 14.2 Å². The molecule has 2 aromatic carbocycles. The lowest BCUT2D eigenvalue weighted by Crippen LogP contribution is -2.33. The summed E-state index contributed by atoms with van der Waals surface area (Å²) in [7, 11) is -0.634. The standard InChI is InChI=1S/C22H26N2O5S2/c1-17-4-6-20(7-5-17)29-15-22-23-18(16-30-22)14-24(12-13-27-2)31(25,26)21-10-8-19(28-3)9-11-21/h4-11,16H,12-15H2,1-3H3. The average molecular weight is 463 g/mol. The molecule has 0 fully saturated rings. The Labute approximate surface area is 187 Å². The third-order valence-electron chi connectivity index (χ3n) is 4.56. The van der Waals surface area contributed by atoms with Crippen LogP contribution in [0.2, 0.25) is 0 Å². The van der Waals surface area contributed by atoms with Crippen molar-refractivity contribution in [1.29, 1.82) is 0 Å². The molecule has 3 aromatic rings. The van der Waals surface area contributed by atoms with Gasteiger partial charge >= 0.3 is 0 Å². The summed E-state index contributed by atoms with van der Waals surface area (Å²) in [5, 5.41) is 2.64. The van der Waals surface area contributed by atoms with Gasteiger partial charge in [0.05, 0.1) is 30.9 Å². The second-order valence-corrected chi connectivity index (χ2v) is 9.72. The molecule has 0 spiro atoms. The predicted molar refractivity (Wildman–Crippen MR) is 120 cm³/mol. The zero-order valence-corrected chi connectivity index (χ0v) is 19.4. The molecule has 0 aliphatic carbocycles. The molecule has 0 radical (unpaired) electrons. The summed E-state index contributed by atoms with van der Waals surface area (Å²) < 4.78 is 43.7. The summed E-state index contributed by atoms with van der Waals surface area (Å²) in [5.74, 6) is 1.37. The first-order valence-electron chi connectivity index (χ1n) is 9.68. The molecule has 0 amide bonds. The van der Waals surface area contributed by atoms with Gasteiger partial charge in [0.15, 0.2) is 0 Å². The number of thiazole rings is 1. The number of hydrogen-bond acceptors (Lipinski definition) is 7. The van der Waals surface area contributed by atoms with E-state index in [1.54, 1.807) is 19.2 Å². The van der Waals surface area contributed by atoms with Gasteiger partial charge in [-0.2, -0.15) is 4.31 Å². The van der Waals surface area contributed by atoms with Crippen molar-refractivity contribution in [2.45, 2.75) is 25.0 Å². The lowest BCUT2D eigenvalue weighted by molar-refractivity contribution is 0.177. The van der Waals surface area contributed by atoms with Gasteiger partial charge in [0.1, 0.15) is 23.1 Å². The van der Waals surface area contributed by atoms with Gasteiger partial charge in [0, 0.05) is 19.0 Å². The van der Waals surface area contributed by atoms with Crippen molar-refractivity contribution in [2.75, 3.05) is 27.4 Å². The summed E-state index contributed by atoms with van der Waals surface area (Å²) >= 11 is 1.44. The second-order valence-electron chi connectivity index (χ2n) is 6.84. The number of ether oxygens (including phenoxy) is 3. The molecule has 1 aromatic heterocycles. The van der Waals surface area contributed by atoms with Gasteiger partial charge in [0.25, 0.3) is 0 Å². The minimum atomic E-state index is -3.72. The molecule has 0 saturated heterocycles. The minimum absolute atomic E-state index is 0.152. The van der Waals surface area contributed by atoms with Crippen LogP contribution >= 0.6 is 11.3 Å². The Morgan fingerprint density at radius 2 is 1.68 bits per heavy atom. The summed E-state index contributed by atoms with van der Waals surface area (Å²) in [6.07, 6.45) is 0. The normalized spacial score (nSPS) is 11.6. The molecule has 3 rings (SSSR count). The van der Waals surface area contributed by atoms with Crippen LogP contribution in [-0.4, -0.2) is 45.1 Å². The highest BCUT2D eigenvalue weighted by molar-refractivity contribution is 7.89. The highest BCUT2D eigenvalue weighted by Crippen LogP contribution is 2.22. The zero-order valence-electron chi connectivity index (χ0n) is 17.8. The third kappa shape index (κ3) is 6.27. The molecule has 1 heterocycles. The fourth-order valence-corrected chi connectivity index (χ4v) is 4.91. The number of sulfonamides is 1. The Morgan fingerprint density at radius 1 is 1.00 bits per heavy atom. The van der Waals surface area contributed by atoms with Crippen LogP contribution in [0, 0.1) is 6.92 Å². The molecule has 7 nitrogen and oxygen atoms in total. The van der Waals surface area contributed by atoms with Crippen LogP contribution in [0.1, 0.15) is 16.3 Å². The predicted octanol–water partition coefficient (Wildman–Crippen LogP) is 3.88. The number of methoxy groups -OCH3 is 2. The fourth-order valence-electron chi connectivity index (χ4n) is 2.82. The second kappa shape index (κ2) is 10.7. The van der Waals surface area contributed by atoms with Crippen molar-refractivity contribution in [1.82, 2.24) is 9.29 Å². The maximum atomic E-state index is 13.2. The highest BCUT2D eigenvalue weighted by atomic mass is 32.2. The maximum absolute atomic E-state index is 13.2. The summed E-state index contributed by atoms with van der Waals surface area (Å²) in [4.78, 5) is 4.75. The van der Waals surface area contributed by atoms with Crippen LogP contribution in [0.4, 0.5) is 0 Å².